The van der Waals surface area contributed by atoms with Crippen LogP contribution in [0.1, 0.15) is 27.2 Å². The highest BCUT2D eigenvalue weighted by Crippen LogP contribution is 2.24. The second-order valence-corrected chi connectivity index (χ2v) is 5.54. The smallest absolute Gasteiger partial charge is 0.323 e. The Morgan fingerprint density at radius 2 is 2.10 bits per heavy atom. The molecule has 1 aromatic rings. The number of nitrogen functional groups attached to an aromatic ring is 1. The average Bonchev–Trinajstić information content (AvgIpc) is 2.46. The zero-order valence-electron chi connectivity index (χ0n) is 13.0. The zero-order chi connectivity index (χ0) is 15.4. The molecule has 0 aliphatic carbocycles. The predicted octanol–water partition coefficient (Wildman–Crippen LogP) is 0.806. The minimum Gasteiger partial charge on any atom is -0.461 e. The number of rotatable bonds is 5. The second kappa shape index (κ2) is 6.86. The molecule has 2 rings (SSSR count). The molecule has 8 heteroatoms. The fourth-order valence-electron chi connectivity index (χ4n) is 2.34. The van der Waals surface area contributed by atoms with E-state index in [1.54, 1.807) is 7.11 Å². The summed E-state index contributed by atoms with van der Waals surface area (Å²) >= 11 is 0. The summed E-state index contributed by atoms with van der Waals surface area (Å²) < 4.78 is 11.1. The van der Waals surface area contributed by atoms with Crippen molar-refractivity contribution in [2.24, 2.45) is 11.8 Å². The van der Waals surface area contributed by atoms with Crippen LogP contribution >= 0.6 is 0 Å². The Hall–Kier alpha value is -1.67. The molecule has 1 aliphatic rings. The lowest BCUT2D eigenvalue weighted by atomic mass is 9.96. The first-order chi connectivity index (χ1) is 10.0. The highest BCUT2D eigenvalue weighted by atomic mass is 16.5. The van der Waals surface area contributed by atoms with E-state index in [0.717, 1.165) is 19.5 Å². The molecule has 1 aliphatic heterocycles. The van der Waals surface area contributed by atoms with Gasteiger partial charge in [-0.1, -0.05) is 6.92 Å². The fourth-order valence-corrected chi connectivity index (χ4v) is 2.34. The summed E-state index contributed by atoms with van der Waals surface area (Å²) in [5, 5.41) is 0. The van der Waals surface area contributed by atoms with Gasteiger partial charge in [0.05, 0.1) is 12.2 Å². The number of hydrogen-bond acceptors (Lipinski definition) is 8. The standard InChI is InChI=1S/C13H24N6O2/c1-8(2)21-13-16-11(18-14)15-12(17-13)19-6-5-9(3)10(7-19)20-4/h8-10H,5-7,14H2,1-4H3,(H,15,16,17,18). The van der Waals surface area contributed by atoms with Gasteiger partial charge in [0.25, 0.3) is 0 Å². The normalized spacial score (nSPS) is 22.5. The van der Waals surface area contributed by atoms with Gasteiger partial charge in [0.1, 0.15) is 0 Å². The fraction of sp³-hybridized carbons (Fsp3) is 0.769. The molecule has 0 bridgehead atoms. The molecule has 2 unspecified atom stereocenters. The summed E-state index contributed by atoms with van der Waals surface area (Å²) in [4.78, 5) is 14.9. The van der Waals surface area contributed by atoms with Crippen LogP contribution in [0.2, 0.25) is 0 Å². The van der Waals surface area contributed by atoms with Gasteiger partial charge in [-0.2, -0.15) is 15.0 Å². The molecule has 1 fully saturated rings. The molecule has 1 saturated heterocycles. The van der Waals surface area contributed by atoms with Crippen LogP contribution in [0.15, 0.2) is 0 Å². The highest BCUT2D eigenvalue weighted by molar-refractivity contribution is 5.38. The van der Waals surface area contributed by atoms with Crippen LogP contribution in [-0.2, 0) is 4.74 Å². The Morgan fingerprint density at radius 3 is 2.71 bits per heavy atom. The van der Waals surface area contributed by atoms with Crippen molar-refractivity contribution in [1.82, 2.24) is 15.0 Å². The summed E-state index contributed by atoms with van der Waals surface area (Å²) in [6.07, 6.45) is 1.17. The molecule has 0 radical (unpaired) electrons. The molecule has 0 amide bonds. The van der Waals surface area contributed by atoms with Crippen molar-refractivity contribution < 1.29 is 9.47 Å². The number of nitrogens with zero attached hydrogens (tertiary/aromatic N) is 4. The molecule has 21 heavy (non-hydrogen) atoms. The highest BCUT2D eigenvalue weighted by Gasteiger charge is 2.28. The molecular formula is C13H24N6O2. The van der Waals surface area contributed by atoms with Crippen molar-refractivity contribution in [3.05, 3.63) is 0 Å². The monoisotopic (exact) mass is 296 g/mol. The molecular weight excluding hydrogens is 272 g/mol. The summed E-state index contributed by atoms with van der Waals surface area (Å²) in [7, 11) is 1.73. The van der Waals surface area contributed by atoms with Gasteiger partial charge in [-0.05, 0) is 26.2 Å². The van der Waals surface area contributed by atoms with Crippen molar-refractivity contribution >= 4 is 11.9 Å². The van der Waals surface area contributed by atoms with Gasteiger partial charge >= 0.3 is 6.01 Å². The van der Waals surface area contributed by atoms with Crippen LogP contribution in [0.4, 0.5) is 11.9 Å². The Balaban J connectivity index is 2.21. The molecule has 8 nitrogen and oxygen atoms in total. The largest absolute Gasteiger partial charge is 0.461 e. The van der Waals surface area contributed by atoms with Crippen molar-refractivity contribution in [1.29, 1.82) is 0 Å². The number of piperidine rings is 1. The van der Waals surface area contributed by atoms with Gasteiger partial charge in [0.15, 0.2) is 0 Å². The van der Waals surface area contributed by atoms with E-state index in [9.17, 15) is 0 Å². The van der Waals surface area contributed by atoms with Crippen molar-refractivity contribution in [3.63, 3.8) is 0 Å². The van der Waals surface area contributed by atoms with Crippen LogP contribution in [0, 0.1) is 5.92 Å². The van der Waals surface area contributed by atoms with Crippen LogP contribution in [0.3, 0.4) is 0 Å². The Morgan fingerprint density at radius 1 is 1.33 bits per heavy atom. The molecule has 0 saturated carbocycles. The molecule has 0 aromatic carbocycles. The molecule has 3 N–H and O–H groups in total. The summed E-state index contributed by atoms with van der Waals surface area (Å²) in [6, 6.07) is 0.274. The van der Waals surface area contributed by atoms with Crippen molar-refractivity contribution in [3.8, 4) is 6.01 Å². The summed E-state index contributed by atoms with van der Waals surface area (Å²) in [6.45, 7) is 7.65. The lowest BCUT2D eigenvalue weighted by Gasteiger charge is -2.36. The lowest BCUT2D eigenvalue weighted by Crippen LogP contribution is -2.44. The second-order valence-electron chi connectivity index (χ2n) is 5.54. The third-order valence-corrected chi connectivity index (χ3v) is 3.55. The number of anilines is 2. The van der Waals surface area contributed by atoms with E-state index in [2.05, 4.69) is 32.2 Å². The zero-order valence-corrected chi connectivity index (χ0v) is 13.0. The first-order valence-corrected chi connectivity index (χ1v) is 7.20. The first-order valence-electron chi connectivity index (χ1n) is 7.20. The third-order valence-electron chi connectivity index (χ3n) is 3.55. The van der Waals surface area contributed by atoms with Gasteiger partial charge < -0.3 is 14.4 Å². The summed E-state index contributed by atoms with van der Waals surface area (Å²) in [5.41, 5.74) is 2.45. The molecule has 2 heterocycles. The van der Waals surface area contributed by atoms with E-state index in [4.69, 9.17) is 15.3 Å². The van der Waals surface area contributed by atoms with Crippen molar-refractivity contribution in [2.75, 3.05) is 30.5 Å². The van der Waals surface area contributed by atoms with Gasteiger partial charge in [-0.25, -0.2) is 5.84 Å². The Kier molecular flexibility index (Phi) is 5.13. The summed E-state index contributed by atoms with van der Waals surface area (Å²) in [5.74, 6) is 6.79. The quantitative estimate of drug-likeness (QED) is 0.608. The SMILES string of the molecule is COC1CN(c2nc(NN)nc(OC(C)C)n2)CCC1C. The van der Waals surface area contributed by atoms with E-state index in [1.165, 1.54) is 0 Å². The van der Waals surface area contributed by atoms with Crippen LogP contribution in [-0.4, -0.2) is 47.4 Å². The van der Waals surface area contributed by atoms with Gasteiger partial charge in [-0.15, -0.1) is 0 Å². The molecule has 2 atom stereocenters. The van der Waals surface area contributed by atoms with E-state index < -0.39 is 0 Å². The molecule has 1 aromatic heterocycles. The first kappa shape index (κ1) is 15.7. The maximum Gasteiger partial charge on any atom is 0.323 e. The van der Waals surface area contributed by atoms with Gasteiger partial charge in [0.2, 0.25) is 11.9 Å². The Bertz CT molecular complexity index is 470. The molecule has 118 valence electrons. The van der Waals surface area contributed by atoms with Gasteiger partial charge in [-0.3, -0.25) is 5.43 Å². The maximum atomic E-state index is 5.55. The minimum atomic E-state index is -0.0148. The van der Waals surface area contributed by atoms with Crippen LogP contribution in [0.5, 0.6) is 6.01 Å². The van der Waals surface area contributed by atoms with Crippen molar-refractivity contribution in [2.45, 2.75) is 39.4 Å². The number of aromatic nitrogens is 3. The average molecular weight is 296 g/mol. The lowest BCUT2D eigenvalue weighted by molar-refractivity contribution is 0.0493. The van der Waals surface area contributed by atoms with E-state index in [-0.39, 0.29) is 18.2 Å². The van der Waals surface area contributed by atoms with Crippen LogP contribution in [0.25, 0.3) is 0 Å². The number of hydrogen-bond donors (Lipinski definition) is 2. The number of methoxy groups -OCH3 is 1. The predicted molar refractivity (Wildman–Crippen MR) is 80.2 cm³/mol. The van der Waals surface area contributed by atoms with E-state index in [0.29, 0.717) is 17.8 Å². The Labute approximate surface area is 125 Å². The topological polar surface area (TPSA) is 98.4 Å². The number of nitrogens with two attached hydrogens (primary N) is 1. The van der Waals surface area contributed by atoms with Gasteiger partial charge in [0, 0.05) is 20.2 Å². The minimum absolute atomic E-state index is 0.0148. The van der Waals surface area contributed by atoms with Crippen LogP contribution < -0.4 is 20.9 Å². The molecule has 0 spiro atoms. The third kappa shape index (κ3) is 3.92. The maximum absolute atomic E-state index is 5.55. The van der Waals surface area contributed by atoms with E-state index in [1.807, 2.05) is 13.8 Å². The number of nitrogens with one attached hydrogen (secondary N) is 1. The number of hydrazine groups is 1. The number of ether oxygens (including phenoxy) is 2. The van der Waals surface area contributed by atoms with E-state index >= 15 is 0 Å².